The van der Waals surface area contributed by atoms with Gasteiger partial charge in [-0.3, -0.25) is 0 Å². The first-order chi connectivity index (χ1) is 62.3. The first-order valence-corrected chi connectivity index (χ1v) is 46.3. The Morgan fingerprint density at radius 3 is 0.992 bits per heavy atom. The van der Waals surface area contributed by atoms with Crippen LogP contribution < -0.4 is 26.2 Å². The van der Waals surface area contributed by atoms with Crippen LogP contribution in [0.25, 0.3) is 99.5 Å². The summed E-state index contributed by atoms with van der Waals surface area (Å²) in [7, 11) is 0. The first kappa shape index (κ1) is 78.4. The molecule has 0 atom stereocenters. The smallest absolute Gasteiger partial charge is 0.252 e. The predicted octanol–water partition coefficient (Wildman–Crippen LogP) is 32.9. The number of aromatic nitrogens is 2. The van der Waals surface area contributed by atoms with Crippen LogP contribution in [0.1, 0.15) is 301 Å². The molecule has 0 bridgehead atoms. The number of para-hydroxylation sites is 2. The summed E-state index contributed by atoms with van der Waals surface area (Å²) in [6.45, 7) is 76.3. The van der Waals surface area contributed by atoms with Gasteiger partial charge in [-0.1, -0.05) is 374 Å². The largest absolute Gasteiger partial charge is 0.310 e. The van der Waals surface area contributed by atoms with Gasteiger partial charge in [0.2, 0.25) is 0 Å². The van der Waals surface area contributed by atoms with Crippen LogP contribution in [0, 0.1) is 0 Å². The number of benzene rings is 13. The molecule has 650 valence electrons. The van der Waals surface area contributed by atoms with Gasteiger partial charge in [-0.25, -0.2) is 0 Å². The normalized spacial score (nSPS) is 14.9. The van der Waals surface area contributed by atoms with Gasteiger partial charge in [0.05, 0.1) is 44.4 Å². The summed E-state index contributed by atoms with van der Waals surface area (Å²) in [4.78, 5) is 5.32. The van der Waals surface area contributed by atoms with E-state index in [0.29, 0.717) is 5.69 Å². The first-order valence-electron chi connectivity index (χ1n) is 50.3. The second-order valence-corrected chi connectivity index (χ2v) is 48.4. The average molecular weight is 1680 g/mol. The summed E-state index contributed by atoms with van der Waals surface area (Å²) in [5, 5.41) is 2.40. The van der Waals surface area contributed by atoms with Crippen LogP contribution in [-0.2, 0) is 59.6 Å². The Morgan fingerprint density at radius 1 is 0.228 bits per heavy atom. The van der Waals surface area contributed by atoms with Crippen molar-refractivity contribution in [3.05, 3.63) is 304 Å². The standard InChI is InChI=1S/C122H139BN4/c1-112(2,3)76-48-46-74(47-49-76)90-66-82(118(19,20)21)69-96(92-63-77(113(4,5)6)50-55-98(92)122(31,32)33)110(90)126-105-72-85(124-101-44-38-35-41-88(101)89-42-36-39-45-102(89)124)53-56-99(105)123-100-57-54-86(125-103-58-51-78(114(7,8)9)64-93(103)94-65-79(115(10,11)12)52-59-104(94)125)73-106(100)127(108-71-84(120(25,26)27)70-107(126)109(108)123)111-91(75-60-80(116(13,14)15)62-81(61-75)117(16,17)18)67-83(119(22,23)24)68-95(111)87-40-34-37-43-97(87)121(28,29)30/h34-73H,1-33H3/i35D,36D,38D,39D,41D,42D,44D,45D. The molecule has 4 nitrogen and oxygen atoms in total. The molecular weight excluding hydrogens is 1530 g/mol. The molecule has 2 aliphatic heterocycles. The number of fused-ring (bicyclic) bond motifs is 10. The highest BCUT2D eigenvalue weighted by molar-refractivity contribution is 7.00. The molecule has 17 rings (SSSR count). The molecule has 0 saturated heterocycles. The number of hydrogen-bond acceptors (Lipinski definition) is 2. The van der Waals surface area contributed by atoms with E-state index in [0.717, 1.165) is 123 Å². The predicted molar refractivity (Wildman–Crippen MR) is 557 cm³/mol. The Hall–Kier alpha value is -10.9. The maximum Gasteiger partial charge on any atom is 0.252 e. The molecule has 0 fully saturated rings. The van der Waals surface area contributed by atoms with E-state index in [1.54, 1.807) is 4.57 Å². The molecule has 0 saturated carbocycles. The van der Waals surface area contributed by atoms with Gasteiger partial charge in [-0.2, -0.15) is 0 Å². The van der Waals surface area contributed by atoms with Gasteiger partial charge < -0.3 is 18.9 Å². The summed E-state index contributed by atoms with van der Waals surface area (Å²) < 4.78 is 82.2. The van der Waals surface area contributed by atoms with Crippen molar-refractivity contribution in [2.24, 2.45) is 0 Å². The maximum absolute atomic E-state index is 10.2. The van der Waals surface area contributed by atoms with Crippen LogP contribution in [0.2, 0.25) is 0 Å². The minimum atomic E-state index is -0.570. The molecule has 0 N–H and O–H groups in total. The Labute approximate surface area is 773 Å². The summed E-state index contributed by atoms with van der Waals surface area (Å²) in [6, 6.07) is 72.8. The Bertz CT molecular complexity index is 7280. The van der Waals surface area contributed by atoms with Gasteiger partial charge in [-0.15, -0.1) is 0 Å². The molecule has 4 heterocycles. The molecular formula is C122H139BN4. The van der Waals surface area contributed by atoms with Crippen molar-refractivity contribution in [1.29, 1.82) is 0 Å². The maximum atomic E-state index is 10.2. The molecule has 127 heavy (non-hydrogen) atoms. The van der Waals surface area contributed by atoms with Crippen molar-refractivity contribution in [2.75, 3.05) is 9.80 Å². The zero-order valence-corrected chi connectivity index (χ0v) is 82.3. The van der Waals surface area contributed by atoms with Crippen molar-refractivity contribution in [2.45, 2.75) is 288 Å². The zero-order valence-electron chi connectivity index (χ0n) is 90.3. The lowest BCUT2D eigenvalue weighted by Gasteiger charge is -2.47. The molecule has 2 aromatic heterocycles. The van der Waals surface area contributed by atoms with Crippen LogP contribution in [0.3, 0.4) is 0 Å². The Kier molecular flexibility index (Phi) is 18.4. The van der Waals surface area contributed by atoms with Crippen molar-refractivity contribution >= 4 is 101 Å². The second-order valence-electron chi connectivity index (χ2n) is 48.4. The minimum absolute atomic E-state index is 0.0145. The quantitative estimate of drug-likeness (QED) is 0.141. The van der Waals surface area contributed by atoms with Crippen LogP contribution in [-0.4, -0.2) is 15.8 Å². The van der Waals surface area contributed by atoms with E-state index in [9.17, 15) is 11.0 Å². The third kappa shape index (κ3) is 15.6. The highest BCUT2D eigenvalue weighted by Crippen LogP contribution is 2.58. The molecule has 5 heteroatoms. The lowest BCUT2D eigenvalue weighted by molar-refractivity contribution is 0.569. The van der Waals surface area contributed by atoms with Crippen LogP contribution >= 0.6 is 0 Å². The van der Waals surface area contributed by atoms with Gasteiger partial charge in [0, 0.05) is 77.9 Å². The summed E-state index contributed by atoms with van der Waals surface area (Å²) in [5.74, 6) is 0. The van der Waals surface area contributed by atoms with Crippen LogP contribution in [0.15, 0.2) is 242 Å². The van der Waals surface area contributed by atoms with E-state index >= 15 is 0 Å². The molecule has 0 radical (unpaired) electrons. The monoisotopic (exact) mass is 1680 g/mol. The summed E-state index contributed by atoms with van der Waals surface area (Å²) >= 11 is 0. The molecule has 0 spiro atoms. The van der Waals surface area contributed by atoms with Crippen molar-refractivity contribution < 1.29 is 11.0 Å². The third-order valence-electron chi connectivity index (χ3n) is 27.4. The van der Waals surface area contributed by atoms with E-state index in [1.807, 2.05) is 6.07 Å². The van der Waals surface area contributed by atoms with E-state index in [4.69, 9.17) is 0 Å². The van der Waals surface area contributed by atoms with Crippen LogP contribution in [0.4, 0.5) is 34.1 Å². The van der Waals surface area contributed by atoms with Crippen molar-refractivity contribution in [1.82, 2.24) is 9.13 Å². The molecule has 2 aliphatic rings. The van der Waals surface area contributed by atoms with Gasteiger partial charge in [0.25, 0.3) is 6.71 Å². The fraction of sp³-hybridized carbons (Fsp3) is 0.361. The highest BCUT2D eigenvalue weighted by Gasteiger charge is 2.48. The molecule has 15 aromatic rings. The lowest BCUT2D eigenvalue weighted by atomic mass is 9.33. The van der Waals surface area contributed by atoms with Crippen molar-refractivity contribution in [3.8, 4) is 55.9 Å². The lowest BCUT2D eigenvalue weighted by Crippen LogP contribution is -2.61. The van der Waals surface area contributed by atoms with E-state index < -0.39 is 47.1 Å². The van der Waals surface area contributed by atoms with Crippen molar-refractivity contribution in [3.63, 3.8) is 0 Å². The Morgan fingerprint density at radius 2 is 0.567 bits per heavy atom. The molecule has 0 amide bonds. The second kappa shape index (κ2) is 29.9. The minimum Gasteiger partial charge on any atom is -0.310 e. The summed E-state index contributed by atoms with van der Waals surface area (Å²) in [6.07, 6.45) is 0. The molecule has 0 unspecified atom stereocenters. The van der Waals surface area contributed by atoms with Gasteiger partial charge in [0.15, 0.2) is 0 Å². The van der Waals surface area contributed by atoms with E-state index in [2.05, 4.69) is 431 Å². The molecule has 0 aliphatic carbocycles. The third-order valence-corrected chi connectivity index (χ3v) is 27.4. The zero-order chi connectivity index (χ0) is 98.6. The molecule has 13 aromatic carbocycles. The fourth-order valence-electron chi connectivity index (χ4n) is 19.6. The van der Waals surface area contributed by atoms with Crippen LogP contribution in [0.5, 0.6) is 0 Å². The SMILES string of the molecule is [2H]c1c([2H])c([2H])c2c(c1[2H])c1c([2H])c([2H])c([2H])c([2H])c1n2-c1ccc2c(c1)N(c1c(-c3ccc(C(C)(C)C)cc3)cc(C(C)(C)C)cc1-c1cc(C(C)(C)C)ccc1C(C)(C)C)c1cc(C(C)(C)C)cc3c1B2c1ccc(-n2c4ccc(C(C)(C)C)cc4c4cc(C(C)(C)C)ccc42)cc1N3c1c(-c2cc(C(C)(C)C)cc(C(C)(C)C)c2)cc(C(C)(C)C)cc1-c1ccccc1C(C)(C)C. The van der Waals surface area contributed by atoms with Gasteiger partial charge in [0.1, 0.15) is 0 Å². The summed E-state index contributed by atoms with van der Waals surface area (Å²) in [5.41, 5.74) is 30.8. The van der Waals surface area contributed by atoms with E-state index in [-0.39, 0.29) is 89.3 Å². The number of anilines is 6. The van der Waals surface area contributed by atoms with Gasteiger partial charge in [-0.05, 0) is 256 Å². The average Bonchev–Trinajstić information content (AvgIpc) is 1.68. The van der Waals surface area contributed by atoms with E-state index in [1.165, 1.54) is 60.8 Å². The topological polar surface area (TPSA) is 16.3 Å². The number of hydrogen-bond donors (Lipinski definition) is 0. The highest BCUT2D eigenvalue weighted by atomic mass is 15.2. The number of rotatable bonds is 8. The van der Waals surface area contributed by atoms with Gasteiger partial charge >= 0.3 is 0 Å². The number of nitrogens with zero attached hydrogens (tertiary/aromatic N) is 4. The fourth-order valence-corrected chi connectivity index (χ4v) is 19.6. The Balaban J connectivity index is 1.16.